The van der Waals surface area contributed by atoms with Crippen LogP contribution in [0.25, 0.3) is 0 Å². The maximum atomic E-state index is 11.8. The van der Waals surface area contributed by atoms with Crippen LogP contribution in [0.5, 0.6) is 0 Å². The molecule has 0 radical (unpaired) electrons. The molecule has 2 aliphatic heterocycles. The number of rotatable bonds is 9. The average molecular weight is 691 g/mol. The van der Waals surface area contributed by atoms with Crippen molar-refractivity contribution in [1.29, 1.82) is 0 Å². The molecule has 2 heterocycles. The molecule has 1 unspecified atom stereocenters. The molecule has 13 heteroatoms. The van der Waals surface area contributed by atoms with Gasteiger partial charge in [0.05, 0.1) is 12.2 Å². The predicted octanol–water partition coefficient (Wildman–Crippen LogP) is 6.26. The Morgan fingerprint density at radius 3 is 2.22 bits per heavy atom. The Morgan fingerprint density at radius 1 is 0.935 bits per heavy atom. The quantitative estimate of drug-likeness (QED) is 0.208. The highest BCUT2D eigenvalue weighted by Gasteiger charge is 2.74. The summed E-state index contributed by atoms with van der Waals surface area (Å²) < 4.78 is 96.7. The molecule has 6 fully saturated rings. The van der Waals surface area contributed by atoms with E-state index in [0.717, 1.165) is 44.9 Å². The lowest BCUT2D eigenvalue weighted by Crippen LogP contribution is -2.61. The van der Waals surface area contributed by atoms with Crippen molar-refractivity contribution >= 4 is 20.8 Å². The van der Waals surface area contributed by atoms with Gasteiger partial charge >= 0.3 is 20.8 Å². The first-order chi connectivity index (χ1) is 21.3. The lowest BCUT2D eigenvalue weighted by Gasteiger charge is -2.62. The summed E-state index contributed by atoms with van der Waals surface area (Å²) in [5, 5.41) is 0. The van der Waals surface area contributed by atoms with Gasteiger partial charge in [0.15, 0.2) is 0 Å². The van der Waals surface area contributed by atoms with E-state index in [4.69, 9.17) is 22.6 Å². The minimum atomic E-state index is -4.89. The molecule has 11 nitrogen and oxygen atoms in total. The Morgan fingerprint density at radius 2 is 1.61 bits per heavy atom. The van der Waals surface area contributed by atoms with Crippen LogP contribution in [0.4, 0.5) is 0 Å². The van der Waals surface area contributed by atoms with Crippen molar-refractivity contribution in [2.75, 3.05) is 0 Å². The first-order valence-corrected chi connectivity index (χ1v) is 20.0. The second-order valence-electron chi connectivity index (χ2n) is 16.2. The SMILES string of the molecule is C/C=C(/C[C@@H]1OC2(CCC)O[C@H]3C[C@H]4[C@@H]5CC[C@H]6C[C@H](OS(=O)(=O)O)[C@@H](OS(=O)(=O)O)C[C@]6(C)[C@H]5CC[C@]4(C)[C@H]3[C@@]1(C)O2)C(C)C. The molecule has 6 rings (SSSR count). The van der Waals surface area contributed by atoms with Gasteiger partial charge in [0.1, 0.15) is 17.8 Å². The van der Waals surface area contributed by atoms with E-state index in [0.29, 0.717) is 24.2 Å². The molecule has 0 aromatic carbocycles. The molecule has 2 N–H and O–H groups in total. The largest absolute Gasteiger partial charge is 0.397 e. The van der Waals surface area contributed by atoms with Gasteiger partial charge in [0.2, 0.25) is 0 Å². The summed E-state index contributed by atoms with van der Waals surface area (Å²) >= 11 is 0. The third kappa shape index (κ3) is 5.85. The van der Waals surface area contributed by atoms with Gasteiger partial charge in [-0.2, -0.15) is 16.8 Å². The van der Waals surface area contributed by atoms with Crippen LogP contribution in [0, 0.1) is 46.3 Å². The number of ether oxygens (including phenoxy) is 3. The third-order valence-corrected chi connectivity index (χ3v) is 14.5. The second-order valence-corrected chi connectivity index (χ2v) is 18.3. The molecule has 4 aliphatic carbocycles. The molecular formula is C33H54O11S2. The van der Waals surface area contributed by atoms with Crippen LogP contribution < -0.4 is 0 Å². The highest BCUT2D eigenvalue weighted by molar-refractivity contribution is 7.81. The molecule has 264 valence electrons. The average Bonchev–Trinajstić information content (AvgIpc) is 3.33. The molecule has 0 aromatic heterocycles. The normalized spacial score (nSPS) is 48.9. The van der Waals surface area contributed by atoms with E-state index in [-0.39, 0.29) is 53.6 Å². The summed E-state index contributed by atoms with van der Waals surface area (Å²) in [4.78, 5) is 0. The lowest BCUT2D eigenvalue weighted by atomic mass is 9.44. The van der Waals surface area contributed by atoms with Crippen LogP contribution in [-0.4, -0.2) is 61.9 Å². The van der Waals surface area contributed by atoms with Crippen molar-refractivity contribution in [2.24, 2.45) is 46.3 Å². The van der Waals surface area contributed by atoms with Gasteiger partial charge in [0, 0.05) is 12.3 Å². The van der Waals surface area contributed by atoms with Crippen molar-refractivity contribution in [3.63, 3.8) is 0 Å². The Labute approximate surface area is 275 Å². The number of allylic oxidation sites excluding steroid dienone is 1. The van der Waals surface area contributed by atoms with E-state index >= 15 is 0 Å². The lowest BCUT2D eigenvalue weighted by molar-refractivity contribution is -0.403. The zero-order valence-corrected chi connectivity index (χ0v) is 29.9. The highest BCUT2D eigenvalue weighted by atomic mass is 32.3. The van der Waals surface area contributed by atoms with E-state index in [1.54, 1.807) is 0 Å². The topological polar surface area (TPSA) is 155 Å². The van der Waals surface area contributed by atoms with Gasteiger partial charge in [-0.25, -0.2) is 8.37 Å². The summed E-state index contributed by atoms with van der Waals surface area (Å²) in [7, 11) is -9.75. The maximum absolute atomic E-state index is 11.8. The monoisotopic (exact) mass is 690 g/mol. The van der Waals surface area contributed by atoms with Crippen molar-refractivity contribution in [2.45, 2.75) is 149 Å². The minimum absolute atomic E-state index is 0.00260. The standard InChI is InChI=1S/C33H54O11S2/c1-8-13-33-40-26-17-24-22-11-10-21-16-25(42-45(34,35)36)27(43-46(37,38)39)18-31(21,6)23(22)12-14-30(24,5)29(26)32(7,44-33)28(41-33)15-20(9-2)19(3)4/h9,19,21-29H,8,10-18H2,1-7H3,(H,34,35,36)(H,37,38,39)/b20-9-/t21-,22+,23-,24-,25-,26-,27-,28-,29-,30-,31-,32-,33?/m0/s1. The van der Waals surface area contributed by atoms with Crippen LogP contribution >= 0.6 is 0 Å². The van der Waals surface area contributed by atoms with Crippen LogP contribution in [0.1, 0.15) is 113 Å². The van der Waals surface area contributed by atoms with Crippen molar-refractivity contribution < 1.29 is 48.5 Å². The molecule has 0 amide bonds. The molecule has 0 spiro atoms. The van der Waals surface area contributed by atoms with Gasteiger partial charge in [-0.1, -0.05) is 46.3 Å². The second kappa shape index (κ2) is 11.7. The molecule has 4 saturated carbocycles. The van der Waals surface area contributed by atoms with Crippen LogP contribution in [0.15, 0.2) is 11.6 Å². The molecule has 2 bridgehead atoms. The molecule has 2 saturated heterocycles. The van der Waals surface area contributed by atoms with Crippen LogP contribution in [0.3, 0.4) is 0 Å². The van der Waals surface area contributed by atoms with Crippen molar-refractivity contribution in [1.82, 2.24) is 0 Å². The van der Waals surface area contributed by atoms with Crippen molar-refractivity contribution in [3.05, 3.63) is 11.6 Å². The van der Waals surface area contributed by atoms with E-state index < -0.39 is 44.6 Å². The Hall–Kier alpha value is -0.640. The molecule has 46 heavy (non-hydrogen) atoms. The molecular weight excluding hydrogens is 636 g/mol. The predicted molar refractivity (Wildman–Crippen MR) is 169 cm³/mol. The first kappa shape index (κ1) is 35.2. The summed E-state index contributed by atoms with van der Waals surface area (Å²) in [6, 6.07) is 0. The fourth-order valence-electron chi connectivity index (χ4n) is 11.8. The third-order valence-electron chi connectivity index (χ3n) is 13.5. The van der Waals surface area contributed by atoms with E-state index in [2.05, 4.69) is 54.5 Å². The zero-order chi connectivity index (χ0) is 33.7. The Balaban J connectivity index is 1.31. The van der Waals surface area contributed by atoms with E-state index in [9.17, 15) is 25.9 Å². The summed E-state index contributed by atoms with van der Waals surface area (Å²) in [6.07, 6.45) is 6.95. The van der Waals surface area contributed by atoms with Gasteiger partial charge in [0.25, 0.3) is 5.97 Å². The van der Waals surface area contributed by atoms with Gasteiger partial charge in [-0.15, -0.1) is 0 Å². The summed E-state index contributed by atoms with van der Waals surface area (Å²) in [5.41, 5.74) is 0.408. The van der Waals surface area contributed by atoms with E-state index in [1.807, 2.05) is 0 Å². The zero-order valence-electron chi connectivity index (χ0n) is 28.3. The van der Waals surface area contributed by atoms with Crippen molar-refractivity contribution in [3.8, 4) is 0 Å². The molecule has 13 atom stereocenters. The first-order valence-electron chi connectivity index (χ1n) is 17.3. The fraction of sp³-hybridized carbons (Fsp3) is 0.939. The maximum Gasteiger partial charge on any atom is 0.397 e. The van der Waals surface area contributed by atoms with Gasteiger partial charge in [-0.3, -0.25) is 9.11 Å². The number of hydrogen-bond acceptors (Lipinski definition) is 9. The molecule has 6 aliphatic rings. The fourth-order valence-corrected chi connectivity index (χ4v) is 12.8. The van der Waals surface area contributed by atoms with Gasteiger partial charge in [-0.05, 0) is 112 Å². The molecule has 0 aromatic rings. The Kier molecular flexibility index (Phi) is 8.97. The highest BCUT2D eigenvalue weighted by Crippen LogP contribution is 2.72. The smallest absolute Gasteiger partial charge is 0.324 e. The van der Waals surface area contributed by atoms with Gasteiger partial charge < -0.3 is 14.2 Å². The summed E-state index contributed by atoms with van der Waals surface area (Å²) in [6.45, 7) is 15.5. The Bertz CT molecular complexity index is 1430. The van der Waals surface area contributed by atoms with Crippen LogP contribution in [0.2, 0.25) is 0 Å². The summed E-state index contributed by atoms with van der Waals surface area (Å²) in [5.74, 6) is 0.506. The number of hydrogen-bond donors (Lipinski definition) is 2. The van der Waals surface area contributed by atoms with E-state index in [1.165, 1.54) is 5.57 Å². The van der Waals surface area contributed by atoms with Crippen LogP contribution in [-0.2, 0) is 43.4 Å². The number of fused-ring (bicyclic) bond motifs is 10. The minimum Gasteiger partial charge on any atom is -0.324 e.